The normalized spacial score (nSPS) is 11.4. The topological polar surface area (TPSA) is 70.4 Å². The molecule has 0 rings (SSSR count). The van der Waals surface area contributed by atoms with E-state index >= 15 is 0 Å². The van der Waals surface area contributed by atoms with Crippen molar-refractivity contribution < 1.29 is 14.3 Å². The van der Waals surface area contributed by atoms with Gasteiger partial charge in [0.2, 0.25) is 5.91 Å². The third kappa shape index (κ3) is 4.30. The summed E-state index contributed by atoms with van der Waals surface area (Å²) in [4.78, 5) is 24.3. The Kier molecular flexibility index (Phi) is 6.93. The molecule has 0 saturated heterocycles. The van der Waals surface area contributed by atoms with Crippen molar-refractivity contribution in [1.29, 1.82) is 5.26 Å². The van der Waals surface area contributed by atoms with Crippen molar-refractivity contribution in [2.75, 3.05) is 19.7 Å². The standard InChI is InChI=1S/C11H18N2O3/c1-4-9(7-12)11(15)13(5-2)8-10(14)16-6-3/h9H,4-6,8H2,1-3H3. The molecule has 5 nitrogen and oxygen atoms in total. The van der Waals surface area contributed by atoms with Crippen LogP contribution in [0, 0.1) is 17.2 Å². The minimum atomic E-state index is -0.672. The number of hydrogen-bond acceptors (Lipinski definition) is 4. The van der Waals surface area contributed by atoms with Crippen molar-refractivity contribution in [3.8, 4) is 6.07 Å². The predicted octanol–water partition coefficient (Wildman–Crippen LogP) is 0.948. The van der Waals surface area contributed by atoms with Crippen molar-refractivity contribution in [3.63, 3.8) is 0 Å². The maximum atomic E-state index is 11.8. The van der Waals surface area contributed by atoms with Crippen LogP contribution in [0.25, 0.3) is 0 Å². The molecule has 16 heavy (non-hydrogen) atoms. The summed E-state index contributed by atoms with van der Waals surface area (Å²) < 4.78 is 4.76. The van der Waals surface area contributed by atoms with Gasteiger partial charge in [-0.1, -0.05) is 6.92 Å². The van der Waals surface area contributed by atoms with E-state index in [-0.39, 0.29) is 12.5 Å². The molecule has 0 aliphatic heterocycles. The number of carbonyl (C=O) groups excluding carboxylic acids is 2. The van der Waals surface area contributed by atoms with Crippen molar-refractivity contribution in [3.05, 3.63) is 0 Å². The maximum absolute atomic E-state index is 11.8. The molecule has 0 spiro atoms. The third-order valence-electron chi connectivity index (χ3n) is 2.18. The van der Waals surface area contributed by atoms with Gasteiger partial charge in [-0.2, -0.15) is 5.26 Å². The summed E-state index contributed by atoms with van der Waals surface area (Å²) in [6.07, 6.45) is 0.453. The van der Waals surface area contributed by atoms with Gasteiger partial charge in [0.15, 0.2) is 0 Å². The molecule has 90 valence electrons. The Labute approximate surface area is 96.0 Å². The predicted molar refractivity (Wildman–Crippen MR) is 58.3 cm³/mol. The lowest BCUT2D eigenvalue weighted by Crippen LogP contribution is -2.39. The van der Waals surface area contributed by atoms with Gasteiger partial charge in [0, 0.05) is 6.54 Å². The second kappa shape index (κ2) is 7.69. The minimum Gasteiger partial charge on any atom is -0.465 e. The van der Waals surface area contributed by atoms with E-state index in [1.54, 1.807) is 20.8 Å². The van der Waals surface area contributed by atoms with Gasteiger partial charge in [0.25, 0.3) is 0 Å². The molecule has 0 bridgehead atoms. The zero-order chi connectivity index (χ0) is 12.6. The first-order chi connectivity index (χ1) is 7.60. The molecule has 0 aliphatic rings. The SMILES string of the molecule is CCOC(=O)CN(CC)C(=O)C(C#N)CC. The quantitative estimate of drug-likeness (QED) is 0.632. The zero-order valence-electron chi connectivity index (χ0n) is 10.0. The molecule has 0 aliphatic carbocycles. The fourth-order valence-electron chi connectivity index (χ4n) is 1.25. The Morgan fingerprint density at radius 2 is 2.00 bits per heavy atom. The van der Waals surface area contributed by atoms with Crippen LogP contribution in [-0.2, 0) is 14.3 Å². The lowest BCUT2D eigenvalue weighted by molar-refractivity contribution is -0.149. The number of esters is 1. The second-order valence-corrected chi connectivity index (χ2v) is 3.25. The first kappa shape index (κ1) is 14.4. The summed E-state index contributed by atoms with van der Waals surface area (Å²) in [6.45, 7) is 5.85. The summed E-state index contributed by atoms with van der Waals surface area (Å²) in [5, 5.41) is 8.76. The molecular formula is C11H18N2O3. The minimum absolute atomic E-state index is 0.0820. The Morgan fingerprint density at radius 3 is 2.38 bits per heavy atom. The molecule has 5 heteroatoms. The molecule has 0 saturated carbocycles. The number of ether oxygens (including phenoxy) is 1. The fraction of sp³-hybridized carbons (Fsp3) is 0.727. The average molecular weight is 226 g/mol. The molecule has 1 amide bonds. The highest BCUT2D eigenvalue weighted by Gasteiger charge is 2.23. The van der Waals surface area contributed by atoms with Crippen LogP contribution in [0.3, 0.4) is 0 Å². The highest BCUT2D eigenvalue weighted by molar-refractivity contribution is 5.85. The molecule has 1 atom stereocenters. The number of amides is 1. The van der Waals surface area contributed by atoms with E-state index in [1.807, 2.05) is 6.07 Å². The molecule has 0 radical (unpaired) electrons. The first-order valence-corrected chi connectivity index (χ1v) is 5.44. The number of nitriles is 1. The Hall–Kier alpha value is -1.57. The fourth-order valence-corrected chi connectivity index (χ4v) is 1.25. The maximum Gasteiger partial charge on any atom is 0.325 e. The van der Waals surface area contributed by atoms with Crippen molar-refractivity contribution in [1.82, 2.24) is 4.90 Å². The zero-order valence-corrected chi connectivity index (χ0v) is 10.0. The summed E-state index contributed by atoms with van der Waals surface area (Å²) in [6, 6.07) is 1.93. The number of rotatable bonds is 6. The van der Waals surface area contributed by atoms with Gasteiger partial charge in [0.1, 0.15) is 12.5 Å². The van der Waals surface area contributed by atoms with Crippen molar-refractivity contribution in [2.45, 2.75) is 27.2 Å². The molecule has 0 aromatic heterocycles. The Bertz CT molecular complexity index is 283. The van der Waals surface area contributed by atoms with Gasteiger partial charge < -0.3 is 9.64 Å². The lowest BCUT2D eigenvalue weighted by atomic mass is 10.1. The summed E-state index contributed by atoms with van der Waals surface area (Å²) in [5.74, 6) is -1.42. The number of carbonyl (C=O) groups is 2. The van der Waals surface area contributed by atoms with Crippen LogP contribution in [0.2, 0.25) is 0 Å². The monoisotopic (exact) mass is 226 g/mol. The van der Waals surface area contributed by atoms with E-state index in [0.717, 1.165) is 0 Å². The van der Waals surface area contributed by atoms with Gasteiger partial charge in [0.05, 0.1) is 12.7 Å². The van der Waals surface area contributed by atoms with E-state index < -0.39 is 11.9 Å². The van der Waals surface area contributed by atoms with Crippen LogP contribution in [0.15, 0.2) is 0 Å². The number of nitrogens with zero attached hydrogens (tertiary/aromatic N) is 2. The molecule has 0 N–H and O–H groups in total. The molecule has 0 aromatic carbocycles. The highest BCUT2D eigenvalue weighted by Crippen LogP contribution is 2.06. The van der Waals surface area contributed by atoms with Crippen LogP contribution in [0.1, 0.15) is 27.2 Å². The van der Waals surface area contributed by atoms with E-state index in [9.17, 15) is 9.59 Å². The second-order valence-electron chi connectivity index (χ2n) is 3.25. The molecule has 0 fully saturated rings. The van der Waals surface area contributed by atoms with Gasteiger partial charge >= 0.3 is 5.97 Å². The van der Waals surface area contributed by atoms with E-state index in [2.05, 4.69) is 0 Å². The van der Waals surface area contributed by atoms with Crippen LogP contribution in [0.4, 0.5) is 0 Å². The Balaban J connectivity index is 4.44. The molecule has 1 unspecified atom stereocenters. The van der Waals surface area contributed by atoms with Crippen LogP contribution < -0.4 is 0 Å². The summed E-state index contributed by atoms with van der Waals surface area (Å²) in [5.41, 5.74) is 0. The lowest BCUT2D eigenvalue weighted by Gasteiger charge is -2.21. The summed E-state index contributed by atoms with van der Waals surface area (Å²) >= 11 is 0. The van der Waals surface area contributed by atoms with Crippen LogP contribution in [-0.4, -0.2) is 36.5 Å². The Morgan fingerprint density at radius 1 is 1.38 bits per heavy atom. The number of likely N-dealkylation sites (N-methyl/N-ethyl adjacent to an activating group) is 1. The third-order valence-corrected chi connectivity index (χ3v) is 2.18. The van der Waals surface area contributed by atoms with E-state index in [4.69, 9.17) is 10.00 Å². The molecule has 0 heterocycles. The van der Waals surface area contributed by atoms with Gasteiger partial charge in [-0.25, -0.2) is 0 Å². The molecule has 0 aromatic rings. The number of hydrogen-bond donors (Lipinski definition) is 0. The summed E-state index contributed by atoms with van der Waals surface area (Å²) in [7, 11) is 0. The van der Waals surface area contributed by atoms with Gasteiger partial charge in [-0.3, -0.25) is 9.59 Å². The molecular weight excluding hydrogens is 208 g/mol. The van der Waals surface area contributed by atoms with Gasteiger partial charge in [-0.05, 0) is 20.3 Å². The first-order valence-electron chi connectivity index (χ1n) is 5.44. The highest BCUT2D eigenvalue weighted by atomic mass is 16.5. The van der Waals surface area contributed by atoms with Crippen molar-refractivity contribution >= 4 is 11.9 Å². The largest absolute Gasteiger partial charge is 0.465 e. The van der Waals surface area contributed by atoms with Crippen molar-refractivity contribution in [2.24, 2.45) is 5.92 Å². The smallest absolute Gasteiger partial charge is 0.325 e. The van der Waals surface area contributed by atoms with Crippen LogP contribution >= 0.6 is 0 Å². The van der Waals surface area contributed by atoms with Crippen LogP contribution in [0.5, 0.6) is 0 Å². The van der Waals surface area contributed by atoms with E-state index in [1.165, 1.54) is 4.90 Å². The average Bonchev–Trinajstić information content (AvgIpc) is 2.27. The van der Waals surface area contributed by atoms with Gasteiger partial charge in [-0.15, -0.1) is 0 Å². The van der Waals surface area contributed by atoms with E-state index in [0.29, 0.717) is 19.6 Å².